The van der Waals surface area contributed by atoms with Crippen LogP contribution in [0.2, 0.25) is 0 Å². The molecule has 6 rings (SSSR count). The van der Waals surface area contributed by atoms with Crippen molar-refractivity contribution in [2.24, 2.45) is 5.92 Å². The zero-order valence-electron chi connectivity index (χ0n) is 29.2. The molecule has 0 aromatic heterocycles. The van der Waals surface area contributed by atoms with Gasteiger partial charge < -0.3 is 24.6 Å². The Hall–Kier alpha value is -4.78. The normalized spacial score (nSPS) is 18.2. The summed E-state index contributed by atoms with van der Waals surface area (Å²) in [6.07, 6.45) is 2.88. The van der Waals surface area contributed by atoms with Gasteiger partial charge in [-0.3, -0.25) is 9.59 Å². The van der Waals surface area contributed by atoms with Gasteiger partial charge in [0.1, 0.15) is 12.6 Å². The lowest BCUT2D eigenvalue weighted by Gasteiger charge is -2.32. The summed E-state index contributed by atoms with van der Waals surface area (Å²) in [6.45, 7) is 1.96. The number of likely N-dealkylation sites (tertiary alicyclic amines) is 2. The third-order valence-corrected chi connectivity index (χ3v) is 11.1. The topological polar surface area (TPSA) is 134 Å². The van der Waals surface area contributed by atoms with Gasteiger partial charge in [-0.05, 0) is 65.6 Å². The number of nitrogens with one attached hydrogen (secondary N) is 2. The highest BCUT2D eigenvalue weighted by atomic mass is 32.2. The second kappa shape index (κ2) is 17.6. The van der Waals surface area contributed by atoms with Crippen LogP contribution in [0, 0.1) is 5.92 Å². The van der Waals surface area contributed by atoms with Crippen LogP contribution in [0.15, 0.2) is 108 Å². The first-order valence-electron chi connectivity index (χ1n) is 17.9. The Morgan fingerprint density at radius 1 is 0.788 bits per heavy atom. The predicted molar refractivity (Wildman–Crippen MR) is 197 cm³/mol. The average molecular weight is 727 g/mol. The zero-order valence-corrected chi connectivity index (χ0v) is 30.0. The van der Waals surface area contributed by atoms with Gasteiger partial charge in [-0.25, -0.2) is 13.2 Å². The first-order chi connectivity index (χ1) is 25.2. The summed E-state index contributed by atoms with van der Waals surface area (Å²) in [5.41, 5.74) is 1.81. The number of hydrogen-bond acceptors (Lipinski definition) is 7. The molecule has 2 saturated heterocycles. The van der Waals surface area contributed by atoms with Gasteiger partial charge in [-0.2, -0.15) is 4.72 Å². The minimum absolute atomic E-state index is 0.00463. The maximum Gasteiger partial charge on any atom is 0.410 e. The fourth-order valence-electron chi connectivity index (χ4n) is 6.93. The van der Waals surface area contributed by atoms with E-state index in [4.69, 9.17) is 9.47 Å². The molecule has 0 bridgehead atoms. The third-order valence-electron chi connectivity index (χ3n) is 9.67. The van der Waals surface area contributed by atoms with Crippen molar-refractivity contribution in [3.8, 4) is 0 Å². The fourth-order valence-corrected chi connectivity index (χ4v) is 8.14. The first-order valence-corrected chi connectivity index (χ1v) is 19.4. The number of rotatable bonds is 14. The second-order valence-electron chi connectivity index (χ2n) is 13.5. The van der Waals surface area contributed by atoms with Gasteiger partial charge in [0.15, 0.2) is 0 Å². The number of ether oxygens (including phenoxy) is 2. The summed E-state index contributed by atoms with van der Waals surface area (Å²) in [7, 11) is -4.09. The van der Waals surface area contributed by atoms with Crippen molar-refractivity contribution in [2.45, 2.75) is 62.3 Å². The summed E-state index contributed by atoms with van der Waals surface area (Å²) >= 11 is 0. The van der Waals surface area contributed by atoms with Crippen LogP contribution in [0.1, 0.15) is 43.2 Å². The van der Waals surface area contributed by atoms with Crippen molar-refractivity contribution in [3.63, 3.8) is 0 Å². The van der Waals surface area contributed by atoms with Gasteiger partial charge in [0.25, 0.3) is 0 Å². The van der Waals surface area contributed by atoms with Crippen LogP contribution in [0.3, 0.4) is 0 Å². The van der Waals surface area contributed by atoms with Crippen LogP contribution in [-0.4, -0.2) is 81.0 Å². The fraction of sp³-hybridized carbons (Fsp3) is 0.375. The van der Waals surface area contributed by atoms with Gasteiger partial charge in [0.05, 0.1) is 18.1 Å². The molecule has 2 aliphatic rings. The van der Waals surface area contributed by atoms with Crippen LogP contribution in [0.4, 0.5) is 4.79 Å². The standard InChI is InChI=1S/C40H46N4O7S/c45-38(23-32-15-9-21-43(26-32)40(47)51-28-31-13-5-2-6-14-31)41-25-35-18-10-22-44(35)39(46)37(29-50-27-30-11-3-1-4-12-30)42-52(48,49)36-20-19-33-16-7-8-17-34(33)24-36/h1-8,11-14,16-17,19-20,24,32,35,37,42H,9-10,15,18,21-23,25-29H2,(H,41,45)/t32-,35-,37?/m0/s1. The van der Waals surface area contributed by atoms with Crippen molar-refractivity contribution in [1.82, 2.24) is 19.8 Å². The van der Waals surface area contributed by atoms with Crippen molar-refractivity contribution < 1.29 is 32.3 Å². The zero-order chi connectivity index (χ0) is 36.3. The number of sulfonamides is 1. The third kappa shape index (κ3) is 9.96. The number of nitrogens with zero attached hydrogens (tertiary/aromatic N) is 2. The van der Waals surface area contributed by atoms with E-state index >= 15 is 0 Å². The lowest BCUT2D eigenvalue weighted by molar-refractivity contribution is -0.136. The SMILES string of the molecule is O=C(C[C@@H]1CCCN(C(=O)OCc2ccccc2)C1)NC[C@@H]1CCCN1C(=O)C(COCc1ccccc1)NS(=O)(=O)c1ccc2ccccc2c1. The molecule has 52 heavy (non-hydrogen) atoms. The van der Waals surface area contributed by atoms with Gasteiger partial charge in [-0.1, -0.05) is 91.0 Å². The minimum Gasteiger partial charge on any atom is -0.445 e. The molecule has 0 aliphatic carbocycles. The highest BCUT2D eigenvalue weighted by Crippen LogP contribution is 2.23. The molecule has 0 spiro atoms. The molecule has 0 saturated carbocycles. The Balaban J connectivity index is 1.05. The molecule has 4 aromatic carbocycles. The van der Waals surface area contributed by atoms with Crippen molar-refractivity contribution in [3.05, 3.63) is 114 Å². The smallest absolute Gasteiger partial charge is 0.410 e. The first kappa shape index (κ1) is 37.0. The second-order valence-corrected chi connectivity index (χ2v) is 15.2. The van der Waals surface area contributed by atoms with Crippen LogP contribution >= 0.6 is 0 Å². The van der Waals surface area contributed by atoms with E-state index in [1.807, 2.05) is 84.9 Å². The Morgan fingerprint density at radius 2 is 1.46 bits per heavy atom. The lowest BCUT2D eigenvalue weighted by atomic mass is 9.94. The number of hydrogen-bond donors (Lipinski definition) is 2. The van der Waals surface area contributed by atoms with Gasteiger partial charge >= 0.3 is 6.09 Å². The molecule has 3 atom stereocenters. The number of amides is 3. The van der Waals surface area contributed by atoms with E-state index in [0.29, 0.717) is 26.1 Å². The molecule has 2 N–H and O–H groups in total. The lowest BCUT2D eigenvalue weighted by Crippen LogP contribution is -2.54. The van der Waals surface area contributed by atoms with E-state index in [0.717, 1.165) is 41.2 Å². The number of fused-ring (bicyclic) bond motifs is 1. The van der Waals surface area contributed by atoms with Gasteiger partial charge in [-0.15, -0.1) is 0 Å². The monoisotopic (exact) mass is 726 g/mol. The molecule has 1 unspecified atom stereocenters. The van der Waals surface area contributed by atoms with Crippen molar-refractivity contribution >= 4 is 38.7 Å². The molecule has 2 aliphatic heterocycles. The van der Waals surface area contributed by atoms with Crippen LogP contribution in [0.25, 0.3) is 10.8 Å². The molecule has 12 heteroatoms. The molecule has 4 aromatic rings. The summed E-state index contributed by atoms with van der Waals surface area (Å²) in [4.78, 5) is 43.3. The van der Waals surface area contributed by atoms with E-state index in [9.17, 15) is 22.8 Å². The molecule has 0 radical (unpaired) electrons. The van der Waals surface area contributed by atoms with Crippen LogP contribution in [-0.2, 0) is 42.3 Å². The molecule has 2 heterocycles. The number of benzene rings is 4. The molecular weight excluding hydrogens is 681 g/mol. The molecule has 2 fully saturated rings. The number of piperidine rings is 1. The van der Waals surface area contributed by atoms with Crippen LogP contribution in [0.5, 0.6) is 0 Å². The Bertz CT molecular complexity index is 1930. The Kier molecular flexibility index (Phi) is 12.5. The molecular formula is C40H46N4O7S. The summed E-state index contributed by atoms with van der Waals surface area (Å²) in [6, 6.07) is 29.9. The average Bonchev–Trinajstić information content (AvgIpc) is 3.65. The maximum absolute atomic E-state index is 14.1. The van der Waals surface area contributed by atoms with E-state index < -0.39 is 22.0 Å². The molecule has 274 valence electrons. The van der Waals surface area contributed by atoms with Gasteiger partial charge in [0, 0.05) is 38.6 Å². The molecule has 3 amide bonds. The highest BCUT2D eigenvalue weighted by Gasteiger charge is 2.36. The number of carbonyl (C=O) groups is 3. The van der Waals surface area contributed by atoms with Crippen LogP contribution < -0.4 is 10.0 Å². The van der Waals surface area contributed by atoms with Crippen molar-refractivity contribution in [2.75, 3.05) is 32.8 Å². The Labute approximate surface area is 305 Å². The maximum atomic E-state index is 14.1. The largest absolute Gasteiger partial charge is 0.445 e. The van der Waals surface area contributed by atoms with E-state index in [1.165, 1.54) is 6.07 Å². The van der Waals surface area contributed by atoms with Crippen molar-refractivity contribution in [1.29, 1.82) is 0 Å². The van der Waals surface area contributed by atoms with Gasteiger partial charge in [0.2, 0.25) is 21.8 Å². The minimum atomic E-state index is -4.09. The highest BCUT2D eigenvalue weighted by molar-refractivity contribution is 7.89. The summed E-state index contributed by atoms with van der Waals surface area (Å²) < 4.78 is 41.4. The quantitative estimate of drug-likeness (QED) is 0.181. The summed E-state index contributed by atoms with van der Waals surface area (Å²) in [5, 5.41) is 4.68. The van der Waals surface area contributed by atoms with E-state index in [2.05, 4.69) is 10.0 Å². The predicted octanol–water partition coefficient (Wildman–Crippen LogP) is 5.25. The van der Waals surface area contributed by atoms with E-state index in [-0.39, 0.29) is 61.6 Å². The number of carbonyl (C=O) groups excluding carboxylic acids is 3. The Morgan fingerprint density at radius 3 is 2.21 bits per heavy atom. The summed E-state index contributed by atoms with van der Waals surface area (Å²) in [5.74, 6) is -0.551. The van der Waals surface area contributed by atoms with E-state index in [1.54, 1.807) is 21.9 Å². The molecule has 11 nitrogen and oxygen atoms in total.